The van der Waals surface area contributed by atoms with Gasteiger partial charge in [0.15, 0.2) is 0 Å². The first-order valence-corrected chi connectivity index (χ1v) is 9.88. The molecule has 4 N–H and O–H groups in total. The fraction of sp³-hybridized carbons (Fsp3) is 0.174. The second-order valence-corrected chi connectivity index (χ2v) is 6.94. The summed E-state index contributed by atoms with van der Waals surface area (Å²) >= 11 is 0. The number of hydrogen-bond donors (Lipinski definition) is 4. The number of rotatable bonds is 10. The molecule has 0 bridgehead atoms. The molecule has 8 nitrogen and oxygen atoms in total. The van der Waals surface area contributed by atoms with Gasteiger partial charge >= 0.3 is 0 Å². The van der Waals surface area contributed by atoms with Crippen LogP contribution in [0.2, 0.25) is 0 Å². The van der Waals surface area contributed by atoms with Crippen molar-refractivity contribution in [2.75, 3.05) is 13.1 Å². The molecule has 3 aromatic rings. The molecule has 0 aliphatic rings. The monoisotopic (exact) mass is 419 g/mol. The van der Waals surface area contributed by atoms with Gasteiger partial charge in [-0.05, 0) is 29.3 Å². The van der Waals surface area contributed by atoms with Crippen molar-refractivity contribution in [2.45, 2.75) is 13.1 Å². The second kappa shape index (κ2) is 11.4. The summed E-state index contributed by atoms with van der Waals surface area (Å²) in [6.45, 7) is 2.48. The highest BCUT2D eigenvalue weighted by molar-refractivity contribution is 5.94. The molecule has 0 aliphatic carbocycles. The fourth-order valence-electron chi connectivity index (χ4n) is 3.04. The summed E-state index contributed by atoms with van der Waals surface area (Å²) in [5, 5.41) is 11.5. The Morgan fingerprint density at radius 2 is 1.84 bits per heavy atom. The maximum Gasteiger partial charge on any atom is 0.267 e. The molecule has 1 heterocycles. The van der Waals surface area contributed by atoms with Gasteiger partial charge in [-0.1, -0.05) is 42.5 Å². The number of nitrogens with zero attached hydrogens (tertiary/aromatic N) is 2. The highest BCUT2D eigenvalue weighted by Gasteiger charge is 2.10. The third-order valence-electron chi connectivity index (χ3n) is 4.61. The predicted molar refractivity (Wildman–Crippen MR) is 117 cm³/mol. The Morgan fingerprint density at radius 1 is 1.06 bits per heavy atom. The molecule has 8 heteroatoms. The minimum Gasteiger partial charge on any atom is -0.351 e. The molecule has 1 aromatic heterocycles. The molecule has 0 fully saturated rings. The van der Waals surface area contributed by atoms with Crippen LogP contribution in [0.25, 0.3) is 6.08 Å². The zero-order valence-electron chi connectivity index (χ0n) is 17.0. The topological polar surface area (TPSA) is 110 Å². The molecule has 0 spiro atoms. The van der Waals surface area contributed by atoms with E-state index in [1.165, 1.54) is 6.08 Å². The Kier molecular flexibility index (Phi) is 8.10. The Bertz CT molecular complexity index is 986. The molecule has 3 rings (SSSR count). The number of carbonyl (C=O) groups is 2. The van der Waals surface area contributed by atoms with Crippen LogP contribution in [-0.4, -0.2) is 45.0 Å². The van der Waals surface area contributed by atoms with Crippen molar-refractivity contribution in [2.24, 2.45) is 0 Å². The van der Waals surface area contributed by atoms with E-state index in [1.807, 2.05) is 48.7 Å². The quantitative estimate of drug-likeness (QED) is 0.229. The van der Waals surface area contributed by atoms with Crippen LogP contribution in [0.1, 0.15) is 27.2 Å². The van der Waals surface area contributed by atoms with Crippen molar-refractivity contribution in [3.8, 4) is 0 Å². The maximum atomic E-state index is 12.3. The summed E-state index contributed by atoms with van der Waals surface area (Å²) in [6.07, 6.45) is 6.38. The lowest BCUT2D eigenvalue weighted by Crippen LogP contribution is -2.34. The number of hydroxylamine groups is 1. The average Bonchev–Trinajstić information content (AvgIpc) is 3.32. The molecule has 0 unspecified atom stereocenters. The summed E-state index contributed by atoms with van der Waals surface area (Å²) in [7, 11) is 0. The number of H-pyrrole nitrogens is 1. The third kappa shape index (κ3) is 7.22. The highest BCUT2D eigenvalue weighted by atomic mass is 16.5. The van der Waals surface area contributed by atoms with Crippen LogP contribution in [0, 0.1) is 0 Å². The third-order valence-corrected chi connectivity index (χ3v) is 4.61. The van der Waals surface area contributed by atoms with Crippen LogP contribution in [0.4, 0.5) is 0 Å². The van der Waals surface area contributed by atoms with Gasteiger partial charge in [0.25, 0.3) is 11.8 Å². The van der Waals surface area contributed by atoms with Gasteiger partial charge in [-0.2, -0.15) is 0 Å². The van der Waals surface area contributed by atoms with E-state index >= 15 is 0 Å². The second-order valence-electron chi connectivity index (χ2n) is 6.94. The maximum absolute atomic E-state index is 12.3. The van der Waals surface area contributed by atoms with Crippen LogP contribution in [0.5, 0.6) is 0 Å². The molecular weight excluding hydrogens is 394 g/mol. The van der Waals surface area contributed by atoms with Crippen molar-refractivity contribution in [3.05, 3.63) is 95.6 Å². The number of carbonyl (C=O) groups excluding carboxylic acids is 2. The van der Waals surface area contributed by atoms with Crippen LogP contribution < -0.4 is 10.8 Å². The molecular formula is C23H25N5O3. The fourth-order valence-corrected chi connectivity index (χ4v) is 3.04. The number of nitrogens with one attached hydrogen (secondary N) is 3. The van der Waals surface area contributed by atoms with E-state index in [9.17, 15) is 9.59 Å². The summed E-state index contributed by atoms with van der Waals surface area (Å²) in [5.41, 5.74) is 5.06. The number of benzene rings is 2. The molecule has 0 aliphatic heterocycles. The van der Waals surface area contributed by atoms with Gasteiger partial charge in [0.1, 0.15) is 0 Å². The summed E-state index contributed by atoms with van der Waals surface area (Å²) in [5.74, 6) is -0.671. The Balaban J connectivity index is 1.59. The lowest BCUT2D eigenvalue weighted by molar-refractivity contribution is -0.124. The smallest absolute Gasteiger partial charge is 0.267 e. The first kappa shape index (κ1) is 21.9. The highest BCUT2D eigenvalue weighted by Crippen LogP contribution is 2.11. The van der Waals surface area contributed by atoms with Gasteiger partial charge < -0.3 is 10.3 Å². The predicted octanol–water partition coefficient (Wildman–Crippen LogP) is 2.36. The Labute approximate surface area is 180 Å². The van der Waals surface area contributed by atoms with E-state index < -0.39 is 5.91 Å². The van der Waals surface area contributed by atoms with E-state index in [2.05, 4.69) is 20.2 Å². The van der Waals surface area contributed by atoms with E-state index in [4.69, 9.17) is 5.21 Å². The van der Waals surface area contributed by atoms with Gasteiger partial charge in [-0.3, -0.25) is 19.7 Å². The normalized spacial score (nSPS) is 11.0. The molecule has 2 aromatic carbocycles. The van der Waals surface area contributed by atoms with Crippen LogP contribution >= 0.6 is 0 Å². The molecule has 0 saturated carbocycles. The number of imidazole rings is 1. The summed E-state index contributed by atoms with van der Waals surface area (Å²) < 4.78 is 0. The lowest BCUT2D eigenvalue weighted by Gasteiger charge is -2.22. The van der Waals surface area contributed by atoms with Gasteiger partial charge in [-0.15, -0.1) is 0 Å². The van der Waals surface area contributed by atoms with Crippen LogP contribution in [0.3, 0.4) is 0 Å². The zero-order valence-corrected chi connectivity index (χ0v) is 17.0. The standard InChI is InChI=1S/C23H25N5O3/c29-22(27-31)11-10-18-6-8-19(9-7-18)15-28(16-21-14-24-17-26-21)13-12-25-23(30)20-4-2-1-3-5-20/h1-11,14,17,31H,12-13,15-16H2,(H,24,26)(H,25,30)(H,27,29)/b11-10+. The molecule has 2 amide bonds. The number of hydrogen-bond acceptors (Lipinski definition) is 5. The Morgan fingerprint density at radius 3 is 2.52 bits per heavy atom. The van der Waals surface area contributed by atoms with E-state index in [0.717, 1.165) is 16.8 Å². The Hall–Kier alpha value is -3.75. The minimum atomic E-state index is -0.577. The SMILES string of the molecule is O=C(/C=C/c1ccc(CN(CCNC(=O)c2ccccc2)Cc2c[nH]cn2)cc1)NO. The first-order chi connectivity index (χ1) is 15.1. The first-order valence-electron chi connectivity index (χ1n) is 9.88. The van der Waals surface area contributed by atoms with Crippen molar-refractivity contribution in [3.63, 3.8) is 0 Å². The van der Waals surface area contributed by atoms with Crippen molar-refractivity contribution in [1.29, 1.82) is 0 Å². The van der Waals surface area contributed by atoms with E-state index in [0.29, 0.717) is 31.7 Å². The largest absolute Gasteiger partial charge is 0.351 e. The number of aromatic nitrogens is 2. The molecule has 0 saturated heterocycles. The zero-order chi connectivity index (χ0) is 21.9. The van der Waals surface area contributed by atoms with Gasteiger partial charge in [0.2, 0.25) is 0 Å². The van der Waals surface area contributed by atoms with Gasteiger partial charge in [0, 0.05) is 44.0 Å². The lowest BCUT2D eigenvalue weighted by atomic mass is 10.1. The van der Waals surface area contributed by atoms with Crippen molar-refractivity contribution >= 4 is 17.9 Å². The molecule has 160 valence electrons. The van der Waals surface area contributed by atoms with Crippen molar-refractivity contribution in [1.82, 2.24) is 25.7 Å². The van der Waals surface area contributed by atoms with Gasteiger partial charge in [-0.25, -0.2) is 10.5 Å². The minimum absolute atomic E-state index is 0.0941. The molecule has 0 atom stereocenters. The van der Waals surface area contributed by atoms with Crippen LogP contribution in [-0.2, 0) is 17.9 Å². The summed E-state index contributed by atoms with van der Waals surface area (Å²) in [6, 6.07) is 16.9. The van der Waals surface area contributed by atoms with E-state index in [-0.39, 0.29) is 5.91 Å². The molecule has 0 radical (unpaired) electrons. The summed E-state index contributed by atoms with van der Waals surface area (Å²) in [4.78, 5) is 32.8. The van der Waals surface area contributed by atoms with Crippen molar-refractivity contribution < 1.29 is 14.8 Å². The molecule has 31 heavy (non-hydrogen) atoms. The van der Waals surface area contributed by atoms with Gasteiger partial charge in [0.05, 0.1) is 12.0 Å². The number of amides is 2. The average molecular weight is 419 g/mol. The van der Waals surface area contributed by atoms with E-state index in [1.54, 1.807) is 30.0 Å². The van der Waals surface area contributed by atoms with Crippen LogP contribution in [0.15, 0.2) is 73.2 Å². The number of aromatic amines is 1.